The van der Waals surface area contributed by atoms with Crippen molar-refractivity contribution >= 4 is 79.7 Å². The van der Waals surface area contributed by atoms with Crippen molar-refractivity contribution in [1.29, 1.82) is 0 Å². The van der Waals surface area contributed by atoms with Gasteiger partial charge in [-0.05, 0) is 11.6 Å². The number of carboxylic acids is 2. The Bertz CT molecular complexity index is 1860. The first kappa shape index (κ1) is 39.3. The first-order valence-corrected chi connectivity index (χ1v) is 17.7. The highest BCUT2D eigenvalue weighted by atomic mass is 32.2. The second-order valence-corrected chi connectivity index (χ2v) is 13.7. The maximum absolute atomic E-state index is 13.3. The number of carbonyl (C=O) groups excluding carboxylic acids is 4. The van der Waals surface area contributed by atoms with Gasteiger partial charge in [-0.3, -0.25) is 24.6 Å². The summed E-state index contributed by atoms with van der Waals surface area (Å²) in [5.74, 6) is -4.74. The summed E-state index contributed by atoms with van der Waals surface area (Å²) in [4.78, 5) is 85.0. The van der Waals surface area contributed by atoms with E-state index < -0.39 is 57.7 Å². The lowest BCUT2D eigenvalue weighted by Crippen LogP contribution is -2.62. The average molecular weight is 755 g/mol. The Kier molecular flexibility index (Phi) is 13.3. The van der Waals surface area contributed by atoms with Gasteiger partial charge in [0.1, 0.15) is 17.0 Å². The lowest BCUT2D eigenvalue weighted by Gasteiger charge is -2.49. The maximum Gasteiger partial charge on any atom is 0.418 e. The fourth-order valence-electron chi connectivity index (χ4n) is 4.31. The van der Waals surface area contributed by atoms with Gasteiger partial charge in [0.25, 0.3) is 12.6 Å². The molecule has 4 rings (SSSR count). The molecule has 2 aliphatic heterocycles. The zero-order valence-corrected chi connectivity index (χ0v) is 28.9. The first-order valence-electron chi connectivity index (χ1n) is 13.9. The molecule has 3 amide bonds. The molecule has 1 fully saturated rings. The van der Waals surface area contributed by atoms with E-state index in [-0.39, 0.29) is 47.0 Å². The van der Waals surface area contributed by atoms with Gasteiger partial charge < -0.3 is 29.2 Å². The van der Waals surface area contributed by atoms with Gasteiger partial charge in [0.2, 0.25) is 12.5 Å². The predicted molar refractivity (Wildman–Crippen MR) is 174 cm³/mol. The van der Waals surface area contributed by atoms with Gasteiger partial charge in [-0.2, -0.15) is 4.57 Å². The number of Topliss-reactive ketones (excluding diaryl/α,β-unsaturated/α-hetero) is 1. The number of allylic oxidation sites excluding steroid dienone is 1. The van der Waals surface area contributed by atoms with E-state index in [0.717, 1.165) is 16.2 Å². The second kappa shape index (κ2) is 17.0. The average Bonchev–Trinajstić information content (AvgIpc) is 3.50. The van der Waals surface area contributed by atoms with E-state index in [0.29, 0.717) is 17.4 Å². The fraction of sp³-hybridized carbons (Fsp3) is 0.321. The normalized spacial score (nSPS) is 16.9. The number of carbonyl (C=O) groups is 6. The van der Waals surface area contributed by atoms with Gasteiger partial charge >= 0.3 is 18.0 Å². The smallest absolute Gasteiger partial charge is 0.418 e. The van der Waals surface area contributed by atoms with E-state index in [1.165, 1.54) is 38.9 Å². The minimum absolute atomic E-state index is 0.0113. The number of thiazole rings is 1. The third-order valence-corrected chi connectivity index (χ3v) is 8.50. The van der Waals surface area contributed by atoms with Crippen LogP contribution in [0.3, 0.4) is 0 Å². The molecule has 50 heavy (non-hydrogen) atoms. The monoisotopic (exact) mass is 754 g/mol. The third-order valence-electron chi connectivity index (χ3n) is 6.38. The van der Waals surface area contributed by atoms with Crippen LogP contribution < -0.4 is 9.88 Å². The van der Waals surface area contributed by atoms with Crippen molar-refractivity contribution in [2.24, 2.45) is 11.1 Å². The molecule has 2 aromatic heterocycles. The highest BCUT2D eigenvalue weighted by Gasteiger charge is 2.54. The second-order valence-electron chi connectivity index (χ2n) is 10.4. The Morgan fingerprint density at radius 2 is 1.96 bits per heavy atom. The largest absolute Gasteiger partial charge is 0.748 e. The molecule has 0 unspecified atom stereocenters. The van der Waals surface area contributed by atoms with Gasteiger partial charge in [0, 0.05) is 44.0 Å². The molecule has 1 saturated heterocycles. The topological polar surface area (TPSA) is 266 Å². The molecule has 0 aliphatic carbocycles. The quantitative estimate of drug-likeness (QED) is 0.0817. The lowest BCUT2D eigenvalue weighted by atomic mass is 9.89. The van der Waals surface area contributed by atoms with E-state index in [9.17, 15) is 33.9 Å². The number of hydrogen-bond donors (Lipinski definition) is 3. The Hall–Kier alpha value is -5.19. The van der Waals surface area contributed by atoms with E-state index in [1.54, 1.807) is 32.4 Å². The Morgan fingerprint density at radius 3 is 2.56 bits per heavy atom. The Morgan fingerprint density at radius 1 is 1.28 bits per heavy atom. The first-order chi connectivity index (χ1) is 23.4. The van der Waals surface area contributed by atoms with Crippen LogP contribution in [-0.2, 0) is 45.6 Å². The highest BCUT2D eigenvalue weighted by Crippen LogP contribution is 2.45. The number of rotatable bonds is 13. The number of hydrogen-bond acceptors (Lipinski definition) is 15. The number of fused-ring (bicyclic) bond motifs is 1. The Balaban J connectivity index is 0.00000126. The molecule has 3 N–H and O–H groups in total. The summed E-state index contributed by atoms with van der Waals surface area (Å²) < 4.78 is 33.9. The van der Waals surface area contributed by atoms with Crippen molar-refractivity contribution in [3.05, 3.63) is 65.1 Å². The molecule has 0 bridgehead atoms. The standard InChI is InChI=1S/C27H26N6O10S2.CH4O3S/c1-4-14-11-44-24-16(23(38)33(24)21(14)25(39)40)8-18(34)20(30-43-10-19(35)36)17-12-45-26(28-17)29-27(41)42-13-32-7-5-6-15(9-32)22(37)31(2)3;1-5(2,3)4/h4-7,9,12,16,24H,1,8,10-11,13H2,2-3H3,(H2-,28,29,35,36,39,40,41);1H3,(H,2,3,4)/b30-20+;/t16-,24-;/m1./s1. The van der Waals surface area contributed by atoms with Gasteiger partial charge in [-0.1, -0.05) is 17.8 Å². The van der Waals surface area contributed by atoms with E-state index in [2.05, 4.69) is 22.0 Å². The minimum atomic E-state index is -3.92. The van der Waals surface area contributed by atoms with Crippen molar-refractivity contribution in [3.63, 3.8) is 0 Å². The molecular weight excluding hydrogens is 725 g/mol. The highest BCUT2D eigenvalue weighted by molar-refractivity contribution is 8.00. The molecule has 268 valence electrons. The summed E-state index contributed by atoms with van der Waals surface area (Å²) in [7, 11) is -0.700. The Labute approximate surface area is 292 Å². The molecule has 2 aliphatic rings. The van der Waals surface area contributed by atoms with Crippen molar-refractivity contribution in [2.75, 3.05) is 38.0 Å². The molecule has 2 aromatic rings. The minimum Gasteiger partial charge on any atom is -0.748 e. The van der Waals surface area contributed by atoms with Crippen LogP contribution in [-0.4, -0.2) is 117 Å². The number of amides is 3. The summed E-state index contributed by atoms with van der Waals surface area (Å²) in [5, 5.41) is 25.4. The van der Waals surface area contributed by atoms with Crippen LogP contribution in [0.25, 0.3) is 0 Å². The number of carboxylic acid groups (broad SMARTS) is 2. The van der Waals surface area contributed by atoms with E-state index in [1.807, 2.05) is 0 Å². The molecule has 2 atom stereocenters. The number of ketones is 1. The van der Waals surface area contributed by atoms with E-state index in [4.69, 9.17) is 27.7 Å². The van der Waals surface area contributed by atoms with Crippen molar-refractivity contribution < 1.29 is 66.1 Å². The van der Waals surface area contributed by atoms with Crippen LogP contribution in [0.4, 0.5) is 9.93 Å². The zero-order chi connectivity index (χ0) is 37.3. The maximum atomic E-state index is 13.3. The predicted octanol–water partition coefficient (Wildman–Crippen LogP) is 0.321. The van der Waals surface area contributed by atoms with Crippen LogP contribution in [0.2, 0.25) is 0 Å². The van der Waals surface area contributed by atoms with Crippen molar-refractivity contribution in [3.8, 4) is 0 Å². The molecule has 0 radical (unpaired) electrons. The summed E-state index contributed by atoms with van der Waals surface area (Å²) in [6, 6.07) is 3.24. The molecule has 0 aromatic carbocycles. The van der Waals surface area contributed by atoms with Crippen LogP contribution in [0.5, 0.6) is 0 Å². The molecule has 0 spiro atoms. The number of ether oxygens (including phenoxy) is 1. The third kappa shape index (κ3) is 10.7. The van der Waals surface area contributed by atoms with Crippen LogP contribution in [0.1, 0.15) is 22.5 Å². The number of nitrogens with zero attached hydrogens (tertiary/aromatic N) is 5. The van der Waals surface area contributed by atoms with Gasteiger partial charge in [-0.15, -0.1) is 23.1 Å². The number of pyridine rings is 1. The van der Waals surface area contributed by atoms with E-state index >= 15 is 0 Å². The number of nitrogens with one attached hydrogen (secondary N) is 1. The molecule has 22 heteroatoms. The summed E-state index contributed by atoms with van der Waals surface area (Å²) in [6.45, 7) is 2.51. The SMILES string of the molecule is C=CC1=C(C(=O)O)N2C(=O)[C@@H](CC(=O)/C(=N/OCC(=O)O)c3csc(NC(=O)OC[n+]4cccc(C(=O)N(C)C)c4)n3)[C@H]2SC1.CS(=O)(=O)[O-]. The summed E-state index contributed by atoms with van der Waals surface area (Å²) in [6.07, 6.45) is 3.81. The van der Waals surface area contributed by atoms with Gasteiger partial charge in [-0.25, -0.2) is 27.8 Å². The van der Waals surface area contributed by atoms with Crippen molar-refractivity contribution in [2.45, 2.75) is 18.5 Å². The lowest BCUT2D eigenvalue weighted by molar-refractivity contribution is -0.727. The summed E-state index contributed by atoms with van der Waals surface area (Å²) >= 11 is 2.20. The molecule has 19 nitrogen and oxygen atoms in total. The number of oxime groups is 1. The number of aromatic nitrogens is 2. The molecule has 0 saturated carbocycles. The van der Waals surface area contributed by atoms with Gasteiger partial charge in [0.15, 0.2) is 29.0 Å². The number of β-lactam (4-membered cyclic amide) rings is 1. The number of aliphatic carboxylic acids is 2. The number of anilines is 1. The zero-order valence-electron chi connectivity index (χ0n) is 26.5. The van der Waals surface area contributed by atoms with Gasteiger partial charge in [0.05, 0.1) is 21.4 Å². The van der Waals surface area contributed by atoms with Crippen LogP contribution >= 0.6 is 23.1 Å². The molecule has 4 heterocycles. The molecular formula is C28H30N6O13S3. The van der Waals surface area contributed by atoms with Crippen molar-refractivity contribution in [1.82, 2.24) is 14.8 Å². The van der Waals surface area contributed by atoms with Crippen LogP contribution in [0.15, 0.2) is 59.0 Å². The fourth-order valence-corrected chi connectivity index (χ4v) is 6.40. The van der Waals surface area contributed by atoms with Crippen LogP contribution in [0, 0.1) is 5.92 Å². The summed E-state index contributed by atoms with van der Waals surface area (Å²) in [5.41, 5.74) is 0.140. The number of thioether (sulfide) groups is 1.